The second-order valence-electron chi connectivity index (χ2n) is 0.898. The Hall–Kier alpha value is -0.490. The SMILES string of the molecule is O=C/C=C/C(=O)P. The molecule has 0 aliphatic carbocycles. The molecule has 2 nitrogen and oxygen atoms in total. The van der Waals surface area contributed by atoms with Gasteiger partial charge in [-0.15, -0.1) is 0 Å². The van der Waals surface area contributed by atoms with E-state index in [2.05, 4.69) is 0 Å². The molecule has 0 amide bonds. The van der Waals surface area contributed by atoms with E-state index in [0.29, 0.717) is 6.29 Å². The van der Waals surface area contributed by atoms with Crippen LogP contribution in [0.15, 0.2) is 12.2 Å². The molecular formula is C4H5O2P. The van der Waals surface area contributed by atoms with E-state index in [1.165, 1.54) is 6.08 Å². The number of hydrogen-bond acceptors (Lipinski definition) is 2. The van der Waals surface area contributed by atoms with Crippen LogP contribution < -0.4 is 0 Å². The summed E-state index contributed by atoms with van der Waals surface area (Å²) in [4.78, 5) is 19.4. The average Bonchev–Trinajstić information content (AvgIpc) is 1.61. The average molecular weight is 116 g/mol. The van der Waals surface area contributed by atoms with Crippen LogP contribution in [0.2, 0.25) is 0 Å². The van der Waals surface area contributed by atoms with Crippen molar-refractivity contribution in [3.8, 4) is 0 Å². The zero-order valence-electron chi connectivity index (χ0n) is 3.63. The first-order valence-electron chi connectivity index (χ1n) is 1.68. The largest absolute Gasteiger partial charge is 0.299 e. The zero-order chi connectivity index (χ0) is 5.70. The highest BCUT2D eigenvalue weighted by molar-refractivity contribution is 7.41. The van der Waals surface area contributed by atoms with Crippen LogP contribution >= 0.6 is 9.24 Å². The van der Waals surface area contributed by atoms with Crippen molar-refractivity contribution in [3.63, 3.8) is 0 Å². The van der Waals surface area contributed by atoms with Gasteiger partial charge in [0.25, 0.3) is 0 Å². The lowest BCUT2D eigenvalue weighted by atomic mass is 10.6. The van der Waals surface area contributed by atoms with Gasteiger partial charge >= 0.3 is 0 Å². The molecule has 0 aliphatic heterocycles. The Morgan fingerprint density at radius 2 is 2.14 bits per heavy atom. The Bertz CT molecular complexity index is 106. The van der Waals surface area contributed by atoms with E-state index in [-0.39, 0.29) is 5.52 Å². The fourth-order valence-electron chi connectivity index (χ4n) is 0.134. The molecule has 0 saturated carbocycles. The third-order valence-corrected chi connectivity index (χ3v) is 0.532. The van der Waals surface area contributed by atoms with Crippen LogP contribution in [0.25, 0.3) is 0 Å². The van der Waals surface area contributed by atoms with Crippen molar-refractivity contribution in [2.24, 2.45) is 0 Å². The summed E-state index contributed by atoms with van der Waals surface area (Å²) in [6.07, 6.45) is 2.88. The summed E-state index contributed by atoms with van der Waals surface area (Å²) in [6, 6.07) is 0. The van der Waals surface area contributed by atoms with Gasteiger partial charge < -0.3 is 0 Å². The molecule has 0 fully saturated rings. The summed E-state index contributed by atoms with van der Waals surface area (Å²) >= 11 is 0. The van der Waals surface area contributed by atoms with Gasteiger partial charge in [-0.2, -0.15) is 0 Å². The quantitative estimate of drug-likeness (QED) is 0.292. The molecule has 0 aromatic heterocycles. The zero-order valence-corrected chi connectivity index (χ0v) is 4.78. The topological polar surface area (TPSA) is 34.1 Å². The van der Waals surface area contributed by atoms with Crippen molar-refractivity contribution in [1.82, 2.24) is 0 Å². The fraction of sp³-hybridized carbons (Fsp3) is 0. The highest BCUT2D eigenvalue weighted by Crippen LogP contribution is 1.83. The van der Waals surface area contributed by atoms with Gasteiger partial charge in [0.15, 0.2) is 5.52 Å². The number of rotatable bonds is 2. The van der Waals surface area contributed by atoms with Gasteiger partial charge in [0, 0.05) is 0 Å². The number of aldehydes is 1. The summed E-state index contributed by atoms with van der Waals surface area (Å²) in [5, 5.41) is 0. The maximum absolute atomic E-state index is 9.92. The molecule has 0 aromatic carbocycles. The highest BCUT2D eigenvalue weighted by Gasteiger charge is 1.75. The van der Waals surface area contributed by atoms with Gasteiger partial charge in [0.2, 0.25) is 0 Å². The molecule has 1 unspecified atom stereocenters. The van der Waals surface area contributed by atoms with Gasteiger partial charge in [-0.25, -0.2) is 0 Å². The van der Waals surface area contributed by atoms with Crippen LogP contribution in [0.1, 0.15) is 0 Å². The molecule has 38 valence electrons. The van der Waals surface area contributed by atoms with Crippen LogP contribution in [0.5, 0.6) is 0 Å². The van der Waals surface area contributed by atoms with Crippen LogP contribution in [-0.4, -0.2) is 11.8 Å². The third-order valence-electron chi connectivity index (χ3n) is 0.339. The normalized spacial score (nSPS) is 9.29. The van der Waals surface area contributed by atoms with Gasteiger partial charge in [-0.1, -0.05) is 9.24 Å². The second-order valence-corrected chi connectivity index (χ2v) is 1.47. The second kappa shape index (κ2) is 3.69. The van der Waals surface area contributed by atoms with E-state index in [1.807, 2.05) is 9.24 Å². The summed E-state index contributed by atoms with van der Waals surface area (Å²) in [6.45, 7) is 0. The summed E-state index contributed by atoms with van der Waals surface area (Å²) < 4.78 is 0. The van der Waals surface area contributed by atoms with E-state index >= 15 is 0 Å². The minimum atomic E-state index is -0.188. The highest BCUT2D eigenvalue weighted by atomic mass is 31.0. The number of carbonyl (C=O) groups excluding carboxylic acids is 2. The Balaban J connectivity index is 3.46. The van der Waals surface area contributed by atoms with Gasteiger partial charge in [0.1, 0.15) is 6.29 Å². The van der Waals surface area contributed by atoms with E-state index < -0.39 is 0 Å². The molecule has 0 saturated heterocycles. The fourth-order valence-corrected chi connectivity index (χ4v) is 0.245. The lowest BCUT2D eigenvalue weighted by Crippen LogP contribution is -1.72. The molecule has 0 aliphatic rings. The minimum absolute atomic E-state index is 0.188. The molecule has 0 heterocycles. The lowest BCUT2D eigenvalue weighted by molar-refractivity contribution is -0.108. The maximum Gasteiger partial charge on any atom is 0.171 e. The van der Waals surface area contributed by atoms with Crippen molar-refractivity contribution >= 4 is 21.1 Å². The third kappa shape index (κ3) is 5.51. The van der Waals surface area contributed by atoms with Crippen molar-refractivity contribution in [3.05, 3.63) is 12.2 Å². The van der Waals surface area contributed by atoms with Crippen molar-refractivity contribution < 1.29 is 9.59 Å². The molecule has 0 aromatic rings. The first-order chi connectivity index (χ1) is 3.27. The molecule has 0 bridgehead atoms. The van der Waals surface area contributed by atoms with Crippen molar-refractivity contribution in [2.45, 2.75) is 0 Å². The molecule has 7 heavy (non-hydrogen) atoms. The van der Waals surface area contributed by atoms with Crippen molar-refractivity contribution in [1.29, 1.82) is 0 Å². The van der Waals surface area contributed by atoms with Gasteiger partial charge in [-0.3, -0.25) is 9.59 Å². The van der Waals surface area contributed by atoms with E-state index in [9.17, 15) is 9.59 Å². The molecule has 3 heteroatoms. The van der Waals surface area contributed by atoms with Crippen molar-refractivity contribution in [2.75, 3.05) is 0 Å². The molecule has 0 N–H and O–H groups in total. The first-order valence-corrected chi connectivity index (χ1v) is 2.26. The van der Waals surface area contributed by atoms with E-state index in [1.54, 1.807) is 0 Å². The molecular weight excluding hydrogens is 111 g/mol. The lowest BCUT2D eigenvalue weighted by Gasteiger charge is -1.68. The number of carbonyl (C=O) groups is 2. The van der Waals surface area contributed by atoms with Crippen LogP contribution in [0.4, 0.5) is 0 Å². The Morgan fingerprint density at radius 1 is 1.57 bits per heavy atom. The van der Waals surface area contributed by atoms with Crippen LogP contribution in [-0.2, 0) is 9.59 Å². The minimum Gasteiger partial charge on any atom is -0.299 e. The first kappa shape index (κ1) is 6.51. The summed E-state index contributed by atoms with van der Waals surface area (Å²) in [5.41, 5.74) is -0.188. The predicted molar refractivity (Wildman–Crippen MR) is 29.9 cm³/mol. The van der Waals surface area contributed by atoms with Gasteiger partial charge in [0.05, 0.1) is 0 Å². The van der Waals surface area contributed by atoms with E-state index in [0.717, 1.165) is 6.08 Å². The smallest absolute Gasteiger partial charge is 0.171 e. The molecule has 0 rings (SSSR count). The predicted octanol–water partition coefficient (Wildman–Crippen LogP) is 0.143. The summed E-state index contributed by atoms with van der Waals surface area (Å²) in [5.74, 6) is 0. The molecule has 0 spiro atoms. The Morgan fingerprint density at radius 3 is 2.29 bits per heavy atom. The monoisotopic (exact) mass is 116 g/mol. The Kier molecular flexibility index (Phi) is 3.43. The maximum atomic E-state index is 9.92. The summed E-state index contributed by atoms with van der Waals surface area (Å²) in [7, 11) is 1.92. The van der Waals surface area contributed by atoms with E-state index in [4.69, 9.17) is 0 Å². The number of hydrogen-bond donors (Lipinski definition) is 0. The van der Waals surface area contributed by atoms with Crippen LogP contribution in [0.3, 0.4) is 0 Å². The standard InChI is InChI=1S/C4H5O2P/c5-3-1-2-4(6)7/h1-3H,7H2/b2-1+. The number of allylic oxidation sites excluding steroid dienone is 2. The molecule has 0 radical (unpaired) electrons. The Labute approximate surface area is 43.8 Å². The van der Waals surface area contributed by atoms with Crippen LogP contribution in [0, 0.1) is 0 Å². The van der Waals surface area contributed by atoms with Gasteiger partial charge in [-0.05, 0) is 12.2 Å². The molecule has 1 atom stereocenters.